The molecule has 0 unspecified atom stereocenters. The Labute approximate surface area is 843 Å². The van der Waals surface area contributed by atoms with Crippen LogP contribution in [0.15, 0.2) is 129 Å². The van der Waals surface area contributed by atoms with Crippen LogP contribution in [0.1, 0.15) is 246 Å². The fourth-order valence-corrected chi connectivity index (χ4v) is 26.7. The molecule has 21 atom stereocenters. The highest BCUT2D eigenvalue weighted by atomic mass is 127. The van der Waals surface area contributed by atoms with E-state index in [-0.39, 0.29) is 130 Å². The van der Waals surface area contributed by atoms with Crippen molar-refractivity contribution in [3.63, 3.8) is 0 Å². The summed E-state index contributed by atoms with van der Waals surface area (Å²) in [6, 6.07) is 29.5. The van der Waals surface area contributed by atoms with Crippen LogP contribution in [-0.2, 0) is 108 Å². The fourth-order valence-electron chi connectivity index (χ4n) is 20.4. The topological polar surface area (TPSA) is 337 Å². The van der Waals surface area contributed by atoms with Gasteiger partial charge in [-0.1, -0.05) is 200 Å². The number of aliphatic hydroxyl groups is 3. The lowest BCUT2D eigenvalue weighted by molar-refractivity contribution is -0.307. The lowest BCUT2D eigenvalue weighted by Gasteiger charge is -2.58. The number of hydrogen-bond donors (Lipinski definition) is 4. The highest BCUT2D eigenvalue weighted by Gasteiger charge is 2.64. The molecule has 31 heteroatoms. The summed E-state index contributed by atoms with van der Waals surface area (Å²) in [4.78, 5) is 40.4. The number of nitrogens with zero attached hydrogens (tertiary/aromatic N) is 1. The number of halogens is 1. The number of carbonyl (C=O) groups excluding carboxylic acids is 3. The van der Waals surface area contributed by atoms with Crippen LogP contribution in [0.5, 0.6) is 17.2 Å². The average Bonchev–Trinajstić information content (AvgIpc) is 1.05. The zero-order valence-corrected chi connectivity index (χ0v) is 90.9. The number of para-hydroxylation sites is 1. The molecule has 4 aromatic rings. The molecule has 0 bridgehead atoms. The third-order valence-electron chi connectivity index (χ3n) is 28.6. The second-order valence-electron chi connectivity index (χ2n) is 43.9. The third-order valence-corrected chi connectivity index (χ3v) is 36.2. The van der Waals surface area contributed by atoms with Gasteiger partial charge in [0.25, 0.3) is 10.0 Å². The summed E-state index contributed by atoms with van der Waals surface area (Å²) in [6.07, 6.45) is 2.86. The van der Waals surface area contributed by atoms with E-state index in [0.717, 1.165) is 51.8 Å². The van der Waals surface area contributed by atoms with Gasteiger partial charge in [-0.3, -0.25) is 14.3 Å². The monoisotopic (exact) mass is 2090 g/mol. The number of sulfonamides is 1. The summed E-state index contributed by atoms with van der Waals surface area (Å²) in [5.74, 6) is 2.07. The maximum Gasteiger partial charge on any atom is 0.349 e. The minimum atomic E-state index is -3.84. The Kier molecular flexibility index (Phi) is 42.0. The Balaban J connectivity index is 0.000000197. The zero-order chi connectivity index (χ0) is 102. The number of methoxy groups -OCH3 is 2. The number of aliphatic imine (C=N–C) groups is 1. The molecule has 0 spiro atoms. The van der Waals surface area contributed by atoms with Crippen LogP contribution < -0.4 is 18.9 Å². The summed E-state index contributed by atoms with van der Waals surface area (Å²) in [7, 11) is -3.17. The van der Waals surface area contributed by atoms with Crippen molar-refractivity contribution in [1.29, 1.82) is 0 Å². The molecule has 139 heavy (non-hydrogen) atoms. The molecule has 0 radical (unpaired) electrons. The number of allylic oxidation sites excluding steroid dienone is 1. The second-order valence-corrected chi connectivity index (χ2v) is 51.7. The molecule has 780 valence electrons. The molecule has 9 aliphatic rings. The number of rotatable bonds is 36. The van der Waals surface area contributed by atoms with E-state index in [4.69, 9.17) is 89.6 Å². The van der Waals surface area contributed by atoms with Gasteiger partial charge in [0.05, 0.1) is 177 Å². The van der Waals surface area contributed by atoms with Crippen molar-refractivity contribution in [3.05, 3.63) is 136 Å². The first-order valence-electron chi connectivity index (χ1n) is 50.4. The van der Waals surface area contributed by atoms with Gasteiger partial charge in [0.1, 0.15) is 54.1 Å². The van der Waals surface area contributed by atoms with Gasteiger partial charge in [0.15, 0.2) is 11.6 Å². The van der Waals surface area contributed by atoms with E-state index >= 15 is 0 Å². The molecule has 7 saturated heterocycles. The first kappa shape index (κ1) is 115. The molecule has 0 amide bonds. The quantitative estimate of drug-likeness (QED) is 0.0108. The van der Waals surface area contributed by atoms with E-state index in [1.165, 1.54) is 6.42 Å². The van der Waals surface area contributed by atoms with Crippen molar-refractivity contribution in [2.75, 3.05) is 78.4 Å². The van der Waals surface area contributed by atoms with E-state index in [2.05, 4.69) is 158 Å². The summed E-state index contributed by atoms with van der Waals surface area (Å²) < 4.78 is 141. The Bertz CT molecular complexity index is 4670. The van der Waals surface area contributed by atoms with Gasteiger partial charge in [-0.15, -0.1) is 0 Å². The second kappa shape index (κ2) is 50.8. The molecule has 28 nitrogen and oxygen atoms in total. The maximum absolute atomic E-state index is 13.4. The highest BCUT2D eigenvalue weighted by Crippen LogP contribution is 2.57. The summed E-state index contributed by atoms with van der Waals surface area (Å²) >= 11 is 2.24. The first-order chi connectivity index (χ1) is 65.5. The Morgan fingerprint density at radius 1 is 0.640 bits per heavy atom. The Hall–Kier alpha value is -6.06. The van der Waals surface area contributed by atoms with Gasteiger partial charge >= 0.3 is 20.5 Å². The first-order valence-corrected chi connectivity index (χ1v) is 54.7. The largest absolute Gasteiger partial charge is 0.497 e. The van der Waals surface area contributed by atoms with Crippen LogP contribution in [0, 0.1) is 58.2 Å². The van der Waals surface area contributed by atoms with Crippen LogP contribution in [0.3, 0.4) is 0 Å². The van der Waals surface area contributed by atoms with Crippen molar-refractivity contribution >= 4 is 71.0 Å². The van der Waals surface area contributed by atoms with Crippen molar-refractivity contribution in [1.82, 2.24) is 0 Å². The number of aldehydes is 1. The predicted molar refractivity (Wildman–Crippen MR) is 545 cm³/mol. The Morgan fingerprint density at radius 2 is 1.16 bits per heavy atom. The summed E-state index contributed by atoms with van der Waals surface area (Å²) in [5.41, 5.74) is 3.45. The summed E-state index contributed by atoms with van der Waals surface area (Å²) in [6.45, 7) is 57.2. The van der Waals surface area contributed by atoms with Gasteiger partial charge in [-0.25, -0.2) is 13.4 Å². The molecule has 8 aliphatic heterocycles. The molecular formula is C108H165IN2O26SSi. The van der Waals surface area contributed by atoms with Gasteiger partial charge in [-0.2, -0.15) is 0 Å². The summed E-state index contributed by atoms with van der Waals surface area (Å²) in [5, 5.41) is 31.8. The van der Waals surface area contributed by atoms with E-state index in [1.54, 1.807) is 51.5 Å². The minimum absolute atomic E-state index is 0.0119. The molecular weight excluding hydrogens is 1930 g/mol. The van der Waals surface area contributed by atoms with Gasteiger partial charge in [0, 0.05) is 84.1 Å². The zero-order valence-electron chi connectivity index (χ0n) is 86.9. The molecule has 13 rings (SSSR count). The number of hydrogen-bond acceptors (Lipinski definition) is 27. The molecule has 4 aromatic carbocycles. The molecule has 1 aliphatic carbocycles. The smallest absolute Gasteiger partial charge is 0.349 e. The van der Waals surface area contributed by atoms with E-state index in [1.807, 2.05) is 87.5 Å². The molecule has 0 aromatic heterocycles. The Morgan fingerprint density at radius 3 is 1.65 bits per heavy atom. The number of anilines is 1. The standard InChI is InChI=1S/C36H56O11.C28H38N2O4S.C28H44O7Si.C16H27IO4/c1-8-42-32(40)13-14-36(44-20-35(5,6)21-45-36)17-22(2)23(3)27(38)15-29-33(43-19-25-9-11-26(41-7)12-10-25)24(4)34-30(46-29)16-28(39)31(18-37)47-34;1-18(2)22-15-14-20(5)16-26(22)34-25-13-9-12-23(28-29-24(17-33-28)19(3)4)27(25)30-35(31,32)21-10-7-6-8-11-21;1-18-25(31-16-19-9-11-20(30-8)12-10-19)21(13-14-29)33-23-15-22-24(34-26(18)23)17-32-36(35-22,27(2,3)4)28(5,6)7;1-6-19-14(18)7-8-16(9-12(2)13(3)17)20-10-15(4,5)11-21-16/h9-12,22,24,27-31,33-34,37-39H,3,8,13-21H2,1-2,4-7H3;6-13,18-20,22,24,26,30H,14-17H2,1-5H3;9-12,14,18,21-26H,13,15-17H2,1-8H3;12H,3,6-11H2,1-2,4-5H3/t22-,24-,27-,28-,29+,30+,31-,33-,34+;20-,22+,24+,26-;18-,21+,22-,23+,24-,25-,26+;12-/m1011/s1. The number of aliphatic hydroxyl groups excluding tert-OH is 3. The van der Waals surface area contributed by atoms with E-state index < -0.39 is 72.9 Å². The normalized spacial score (nSPS) is 29.0. The van der Waals surface area contributed by atoms with Crippen molar-refractivity contribution in [2.24, 2.45) is 63.2 Å². The molecule has 1 saturated carbocycles. The maximum atomic E-state index is 13.4. The average molecular weight is 2090 g/mol. The van der Waals surface area contributed by atoms with Gasteiger partial charge < -0.3 is 105 Å². The minimum Gasteiger partial charge on any atom is -0.497 e. The number of fused-ring (bicyclic) bond motifs is 3. The van der Waals surface area contributed by atoms with E-state index in [9.17, 15) is 38.1 Å². The molecule has 8 fully saturated rings. The predicted octanol–water partition coefficient (Wildman–Crippen LogP) is 19.3. The number of esters is 2. The third kappa shape index (κ3) is 30.8. The van der Waals surface area contributed by atoms with Crippen molar-refractivity contribution < 1.29 is 123 Å². The van der Waals surface area contributed by atoms with Crippen LogP contribution in [-0.4, -0.2) is 233 Å². The van der Waals surface area contributed by atoms with Gasteiger partial charge in [0.2, 0.25) is 5.90 Å². The molecule has 8 heterocycles. The van der Waals surface area contributed by atoms with Crippen LogP contribution in [0.2, 0.25) is 10.1 Å². The number of carbonyl (C=O) groups is 3. The SMILES string of the molecule is C=C(I)[C@H](C)CC1(CCC(=O)OCC)OCC(C)(C)CO1.C=C([C@H](C)CC1(CCC(=O)OCC)OCC(C)(C)CO1)[C@H](O)C[C@@H]1O[C@H]2C[C@@H](O)[C@@H](CO)O[C@H]2[C@H](C)[C@H]1OCc1ccc(OC)cc1.CC(C)[C@H]1CC[C@H](C)C[C@@H]1Oc1cccc(C2=N[C@@H](C(C)C)CO2)c1NS(=O)(=O)c1ccccc1.COc1ccc(CO[C@@H]2[C@@H](C)[C@@H]3O[C@@H]4CO[Si](C(C)(C)C)(C(C)(C)C)O[C@@H]4C[C@@H]3O[C@H]2CC=O)cc1. The van der Waals surface area contributed by atoms with Crippen LogP contribution in [0.4, 0.5) is 5.69 Å². The number of nitrogens with one attached hydrogen (secondary N) is 1. The van der Waals surface area contributed by atoms with Crippen molar-refractivity contribution in [2.45, 2.75) is 360 Å². The van der Waals surface area contributed by atoms with Gasteiger partial charge in [-0.05, 0) is 154 Å². The lowest BCUT2D eigenvalue weighted by atomic mass is 9.75. The van der Waals surface area contributed by atoms with Crippen molar-refractivity contribution in [3.8, 4) is 17.2 Å². The highest BCUT2D eigenvalue weighted by molar-refractivity contribution is 14.1. The fraction of sp³-hybridized carbons (Fsp3) is 0.704. The van der Waals surface area contributed by atoms with Crippen LogP contribution in [0.25, 0.3) is 0 Å². The molecule has 4 N–H and O–H groups in total. The number of benzene rings is 4. The van der Waals surface area contributed by atoms with Crippen LogP contribution >= 0.6 is 22.6 Å². The number of ether oxygens (including phenoxy) is 16. The lowest BCUT2D eigenvalue weighted by Crippen LogP contribution is -2.69. The van der Waals surface area contributed by atoms with E-state index in [0.29, 0.717) is 163 Å².